The largest absolute Gasteiger partial charge is 0.481 e. The molecule has 2 aliphatic rings. The summed E-state index contributed by atoms with van der Waals surface area (Å²) in [5.74, 6) is -1.67. The van der Waals surface area contributed by atoms with Crippen LogP contribution in [0, 0.1) is 11.8 Å². The molecule has 3 rings (SSSR count). The Kier molecular flexibility index (Phi) is 4.92. The van der Waals surface area contributed by atoms with Crippen LogP contribution in [0.1, 0.15) is 31.7 Å². The summed E-state index contributed by atoms with van der Waals surface area (Å²) < 4.78 is 0. The number of fused-ring (bicyclic) bond motifs is 1. The van der Waals surface area contributed by atoms with Gasteiger partial charge in [0.05, 0.1) is 11.6 Å². The van der Waals surface area contributed by atoms with E-state index in [0.717, 1.165) is 17.7 Å². The summed E-state index contributed by atoms with van der Waals surface area (Å²) in [7, 11) is 0. The highest BCUT2D eigenvalue weighted by atomic mass is 16.4. The second-order valence-corrected chi connectivity index (χ2v) is 6.61. The summed E-state index contributed by atoms with van der Waals surface area (Å²) in [4.78, 5) is 37.2. The van der Waals surface area contributed by atoms with E-state index in [-0.39, 0.29) is 17.9 Å². The maximum absolute atomic E-state index is 12.4. The van der Waals surface area contributed by atoms with Gasteiger partial charge in [-0.15, -0.1) is 0 Å². The highest BCUT2D eigenvalue weighted by Gasteiger charge is 2.34. The third kappa shape index (κ3) is 3.60. The van der Waals surface area contributed by atoms with Crippen molar-refractivity contribution >= 4 is 29.3 Å². The number of carbonyl (C=O) groups is 3. The molecular weight excluding hydrogens is 322 g/mol. The number of carbonyl (C=O) groups excluding carboxylic acids is 2. The van der Waals surface area contributed by atoms with E-state index < -0.39 is 11.9 Å². The SMILES string of the molecule is CCNC(=O)N1CCc2ccc(NC(=O)[C@@H]3CC[C@H](C(=O)O)C3)cc21. The van der Waals surface area contributed by atoms with E-state index in [9.17, 15) is 14.4 Å². The minimum absolute atomic E-state index is 0.134. The van der Waals surface area contributed by atoms with Gasteiger partial charge in [0, 0.05) is 24.7 Å². The standard InChI is InChI=1S/C18H23N3O4/c1-2-19-18(25)21-8-7-11-5-6-14(10-15(11)21)20-16(22)12-3-4-13(9-12)17(23)24/h5-6,10,12-13H,2-4,7-9H2,1H3,(H,19,25)(H,20,22)(H,23,24)/t12-,13+/m1/s1. The second-order valence-electron chi connectivity index (χ2n) is 6.61. The minimum atomic E-state index is -0.828. The Morgan fingerprint density at radius 3 is 2.68 bits per heavy atom. The van der Waals surface area contributed by atoms with Crippen LogP contribution in [0.25, 0.3) is 0 Å². The summed E-state index contributed by atoms with van der Waals surface area (Å²) in [5.41, 5.74) is 2.54. The van der Waals surface area contributed by atoms with Crippen molar-refractivity contribution in [3.63, 3.8) is 0 Å². The Morgan fingerprint density at radius 1 is 1.24 bits per heavy atom. The average molecular weight is 345 g/mol. The number of hydrogen-bond donors (Lipinski definition) is 3. The van der Waals surface area contributed by atoms with Crippen LogP contribution in [0.3, 0.4) is 0 Å². The molecule has 0 saturated heterocycles. The maximum atomic E-state index is 12.4. The van der Waals surface area contributed by atoms with Gasteiger partial charge in [-0.3, -0.25) is 14.5 Å². The monoisotopic (exact) mass is 345 g/mol. The van der Waals surface area contributed by atoms with Gasteiger partial charge in [-0.2, -0.15) is 0 Å². The highest BCUT2D eigenvalue weighted by molar-refractivity contribution is 5.97. The van der Waals surface area contributed by atoms with Gasteiger partial charge in [0.1, 0.15) is 0 Å². The molecule has 134 valence electrons. The number of carboxylic acids is 1. The van der Waals surface area contributed by atoms with Crippen molar-refractivity contribution in [1.29, 1.82) is 0 Å². The Balaban J connectivity index is 1.68. The first-order chi connectivity index (χ1) is 12.0. The molecule has 0 unspecified atom stereocenters. The van der Waals surface area contributed by atoms with Gasteiger partial charge >= 0.3 is 12.0 Å². The summed E-state index contributed by atoms with van der Waals surface area (Å²) in [5, 5.41) is 14.7. The molecule has 1 fully saturated rings. The molecule has 0 spiro atoms. The smallest absolute Gasteiger partial charge is 0.321 e. The first kappa shape index (κ1) is 17.3. The lowest BCUT2D eigenvalue weighted by atomic mass is 10.0. The van der Waals surface area contributed by atoms with Gasteiger partial charge in [0.2, 0.25) is 5.91 Å². The van der Waals surface area contributed by atoms with Gasteiger partial charge in [0.25, 0.3) is 0 Å². The van der Waals surface area contributed by atoms with Crippen LogP contribution in [0.2, 0.25) is 0 Å². The molecule has 0 aromatic heterocycles. The lowest BCUT2D eigenvalue weighted by molar-refractivity contribution is -0.141. The third-order valence-corrected chi connectivity index (χ3v) is 4.97. The van der Waals surface area contributed by atoms with Crippen molar-refractivity contribution in [3.8, 4) is 0 Å². The van der Waals surface area contributed by atoms with E-state index in [1.165, 1.54) is 0 Å². The first-order valence-corrected chi connectivity index (χ1v) is 8.71. The van der Waals surface area contributed by atoms with E-state index in [2.05, 4.69) is 10.6 Å². The summed E-state index contributed by atoms with van der Waals surface area (Å²) in [6, 6.07) is 5.45. The van der Waals surface area contributed by atoms with E-state index >= 15 is 0 Å². The molecule has 3 N–H and O–H groups in total. The van der Waals surface area contributed by atoms with Gasteiger partial charge in [-0.1, -0.05) is 6.07 Å². The maximum Gasteiger partial charge on any atom is 0.321 e. The Morgan fingerprint density at radius 2 is 2.00 bits per heavy atom. The number of hydrogen-bond acceptors (Lipinski definition) is 3. The number of nitrogens with one attached hydrogen (secondary N) is 2. The van der Waals surface area contributed by atoms with E-state index in [4.69, 9.17) is 5.11 Å². The number of amides is 3. The molecule has 1 aromatic rings. The number of urea groups is 1. The van der Waals surface area contributed by atoms with Crippen molar-refractivity contribution in [2.45, 2.75) is 32.6 Å². The van der Waals surface area contributed by atoms with Crippen LogP contribution in [0.15, 0.2) is 18.2 Å². The predicted molar refractivity (Wildman–Crippen MR) is 93.7 cm³/mol. The number of carboxylic acid groups (broad SMARTS) is 1. The Hall–Kier alpha value is -2.57. The van der Waals surface area contributed by atoms with Crippen molar-refractivity contribution in [2.24, 2.45) is 11.8 Å². The minimum Gasteiger partial charge on any atom is -0.481 e. The zero-order valence-electron chi connectivity index (χ0n) is 14.2. The Bertz CT molecular complexity index is 704. The normalized spacial score (nSPS) is 21.7. The predicted octanol–water partition coefficient (Wildman–Crippen LogP) is 2.22. The number of aliphatic carboxylic acids is 1. The first-order valence-electron chi connectivity index (χ1n) is 8.71. The van der Waals surface area contributed by atoms with Gasteiger partial charge in [-0.05, 0) is 50.3 Å². The molecule has 1 heterocycles. The number of nitrogens with zero attached hydrogens (tertiary/aromatic N) is 1. The second kappa shape index (κ2) is 7.13. The molecule has 1 aliphatic carbocycles. The van der Waals surface area contributed by atoms with Gasteiger partial charge < -0.3 is 15.7 Å². The molecule has 1 aliphatic heterocycles. The number of benzene rings is 1. The van der Waals surface area contributed by atoms with E-state index in [1.807, 2.05) is 25.1 Å². The van der Waals surface area contributed by atoms with Crippen LogP contribution >= 0.6 is 0 Å². The van der Waals surface area contributed by atoms with Crippen LogP contribution in [-0.2, 0) is 16.0 Å². The lowest BCUT2D eigenvalue weighted by Crippen LogP contribution is -2.38. The molecule has 1 aromatic carbocycles. The van der Waals surface area contributed by atoms with Crippen molar-refractivity contribution in [2.75, 3.05) is 23.3 Å². The molecule has 7 nitrogen and oxygen atoms in total. The lowest BCUT2D eigenvalue weighted by Gasteiger charge is -2.18. The zero-order valence-corrected chi connectivity index (χ0v) is 14.2. The van der Waals surface area contributed by atoms with Crippen LogP contribution in [0.5, 0.6) is 0 Å². The summed E-state index contributed by atoms with van der Waals surface area (Å²) >= 11 is 0. The third-order valence-electron chi connectivity index (χ3n) is 4.97. The number of anilines is 2. The molecule has 25 heavy (non-hydrogen) atoms. The topological polar surface area (TPSA) is 98.7 Å². The quantitative estimate of drug-likeness (QED) is 0.779. The fraction of sp³-hybridized carbons (Fsp3) is 0.500. The number of rotatable bonds is 4. The highest BCUT2D eigenvalue weighted by Crippen LogP contribution is 2.34. The van der Waals surface area contributed by atoms with E-state index in [1.54, 1.807) is 4.90 Å². The molecule has 3 amide bonds. The van der Waals surface area contributed by atoms with Crippen LogP contribution in [0.4, 0.5) is 16.2 Å². The zero-order chi connectivity index (χ0) is 18.0. The van der Waals surface area contributed by atoms with E-state index in [0.29, 0.717) is 38.0 Å². The molecular formula is C18H23N3O4. The average Bonchev–Trinajstić information content (AvgIpc) is 3.22. The molecule has 2 atom stereocenters. The fourth-order valence-corrected chi connectivity index (χ4v) is 3.60. The fourth-order valence-electron chi connectivity index (χ4n) is 3.60. The van der Waals surface area contributed by atoms with Crippen LogP contribution in [-0.4, -0.2) is 36.1 Å². The van der Waals surface area contributed by atoms with Crippen molar-refractivity contribution in [1.82, 2.24) is 5.32 Å². The van der Waals surface area contributed by atoms with Crippen LogP contribution < -0.4 is 15.5 Å². The molecule has 0 radical (unpaired) electrons. The van der Waals surface area contributed by atoms with Crippen molar-refractivity contribution < 1.29 is 19.5 Å². The Labute approximate surface area is 146 Å². The van der Waals surface area contributed by atoms with Crippen molar-refractivity contribution in [3.05, 3.63) is 23.8 Å². The van der Waals surface area contributed by atoms with Gasteiger partial charge in [0.15, 0.2) is 0 Å². The van der Waals surface area contributed by atoms with Gasteiger partial charge in [-0.25, -0.2) is 4.79 Å². The summed E-state index contributed by atoms with van der Waals surface area (Å²) in [6.07, 6.45) is 2.32. The molecule has 7 heteroatoms. The molecule has 1 saturated carbocycles. The summed E-state index contributed by atoms with van der Waals surface area (Å²) in [6.45, 7) is 3.06. The molecule has 0 bridgehead atoms.